The van der Waals surface area contributed by atoms with E-state index in [0.717, 1.165) is 11.3 Å². The van der Waals surface area contributed by atoms with Gasteiger partial charge in [0.1, 0.15) is 11.8 Å². The molecule has 0 aromatic heterocycles. The first kappa shape index (κ1) is 18.0. The highest BCUT2D eigenvalue weighted by molar-refractivity contribution is 5.83. The molecule has 0 saturated carbocycles. The molecule has 0 spiro atoms. The van der Waals surface area contributed by atoms with Crippen LogP contribution in [0.2, 0.25) is 0 Å². The van der Waals surface area contributed by atoms with Crippen molar-refractivity contribution in [3.05, 3.63) is 29.8 Å². The van der Waals surface area contributed by atoms with Crippen LogP contribution in [0.3, 0.4) is 0 Å². The second-order valence-corrected chi connectivity index (χ2v) is 5.86. The van der Waals surface area contributed by atoms with Crippen molar-refractivity contribution in [3.63, 3.8) is 0 Å². The van der Waals surface area contributed by atoms with Crippen LogP contribution in [0.4, 0.5) is 0 Å². The van der Waals surface area contributed by atoms with E-state index in [1.165, 1.54) is 0 Å². The van der Waals surface area contributed by atoms with Crippen molar-refractivity contribution >= 4 is 11.9 Å². The van der Waals surface area contributed by atoms with Crippen LogP contribution in [0, 0.1) is 12.8 Å². The van der Waals surface area contributed by atoms with E-state index in [9.17, 15) is 9.59 Å². The number of aliphatic carboxylic acids is 1. The smallest absolute Gasteiger partial charge is 0.326 e. The number of amides is 1. The van der Waals surface area contributed by atoms with E-state index in [0.29, 0.717) is 19.4 Å². The lowest BCUT2D eigenvalue weighted by atomic mass is 10.0. The minimum Gasteiger partial charge on any atom is -0.494 e. The summed E-state index contributed by atoms with van der Waals surface area (Å²) >= 11 is 0. The predicted octanol–water partition coefficient (Wildman–Crippen LogP) is 2.77. The van der Waals surface area contributed by atoms with Crippen LogP contribution in [-0.2, 0) is 9.59 Å². The number of hydrogen-bond acceptors (Lipinski definition) is 3. The number of hydrogen-bond donors (Lipinski definition) is 2. The largest absolute Gasteiger partial charge is 0.494 e. The Morgan fingerprint density at radius 3 is 2.64 bits per heavy atom. The van der Waals surface area contributed by atoms with Crippen LogP contribution in [0.15, 0.2) is 24.3 Å². The lowest BCUT2D eigenvalue weighted by Gasteiger charge is -2.16. The Morgan fingerprint density at radius 1 is 1.32 bits per heavy atom. The Balaban J connectivity index is 2.29. The van der Waals surface area contributed by atoms with Gasteiger partial charge in [0.25, 0.3) is 0 Å². The number of nitrogens with one attached hydrogen (secondary N) is 1. The lowest BCUT2D eigenvalue weighted by molar-refractivity contribution is -0.142. The van der Waals surface area contributed by atoms with Gasteiger partial charge in [-0.3, -0.25) is 4.79 Å². The second-order valence-electron chi connectivity index (χ2n) is 5.86. The molecule has 0 aliphatic rings. The Labute approximate surface area is 131 Å². The van der Waals surface area contributed by atoms with Gasteiger partial charge in [0.2, 0.25) is 5.91 Å². The first-order valence-electron chi connectivity index (χ1n) is 7.60. The van der Waals surface area contributed by atoms with Crippen molar-refractivity contribution in [2.45, 2.75) is 46.1 Å². The molecule has 0 saturated heterocycles. The molecule has 5 heteroatoms. The number of carbonyl (C=O) groups excluding carboxylic acids is 1. The maximum Gasteiger partial charge on any atom is 0.326 e. The lowest BCUT2D eigenvalue weighted by Crippen LogP contribution is -2.41. The molecule has 0 fully saturated rings. The third kappa shape index (κ3) is 7.11. The van der Waals surface area contributed by atoms with E-state index in [-0.39, 0.29) is 18.2 Å². The van der Waals surface area contributed by atoms with Crippen LogP contribution in [0.5, 0.6) is 5.75 Å². The quantitative estimate of drug-likeness (QED) is 0.688. The number of carboxylic acid groups (broad SMARTS) is 1. The molecule has 0 unspecified atom stereocenters. The summed E-state index contributed by atoms with van der Waals surface area (Å²) in [7, 11) is 0. The van der Waals surface area contributed by atoms with Gasteiger partial charge in [-0.25, -0.2) is 4.79 Å². The maximum atomic E-state index is 11.8. The highest BCUT2D eigenvalue weighted by Gasteiger charge is 2.20. The zero-order chi connectivity index (χ0) is 16.5. The number of ether oxygens (including phenoxy) is 1. The Hall–Kier alpha value is -2.04. The molecule has 2 N–H and O–H groups in total. The molecule has 1 rings (SSSR count). The van der Waals surface area contributed by atoms with Gasteiger partial charge in [0, 0.05) is 6.42 Å². The van der Waals surface area contributed by atoms with E-state index in [1.807, 2.05) is 45.0 Å². The number of aryl methyl sites for hydroxylation is 1. The Morgan fingerprint density at radius 2 is 2.05 bits per heavy atom. The molecule has 0 radical (unpaired) electrons. The normalized spacial score (nSPS) is 12.0. The van der Waals surface area contributed by atoms with Crippen LogP contribution in [0.1, 0.15) is 38.7 Å². The summed E-state index contributed by atoms with van der Waals surface area (Å²) in [4.78, 5) is 22.9. The fourth-order valence-corrected chi connectivity index (χ4v) is 2.09. The van der Waals surface area contributed by atoms with E-state index in [1.54, 1.807) is 0 Å². The standard InChI is InChI=1S/C17H25NO4/c1-12(2)10-15(17(20)21)18-16(19)8-5-9-22-14-7-4-6-13(3)11-14/h4,6-7,11-12,15H,5,8-10H2,1-3H3,(H,18,19)(H,20,21)/t15-/m0/s1. The van der Waals surface area contributed by atoms with Crippen molar-refractivity contribution in [2.75, 3.05) is 6.61 Å². The molecule has 0 aliphatic heterocycles. The van der Waals surface area contributed by atoms with Crippen LogP contribution >= 0.6 is 0 Å². The predicted molar refractivity (Wildman–Crippen MR) is 84.9 cm³/mol. The molecular formula is C17H25NO4. The van der Waals surface area contributed by atoms with E-state index in [2.05, 4.69) is 5.32 Å². The third-order valence-electron chi connectivity index (χ3n) is 3.15. The van der Waals surface area contributed by atoms with E-state index < -0.39 is 12.0 Å². The zero-order valence-electron chi connectivity index (χ0n) is 13.5. The highest BCUT2D eigenvalue weighted by Crippen LogP contribution is 2.12. The number of carboxylic acids is 1. The minimum absolute atomic E-state index is 0.214. The summed E-state index contributed by atoms with van der Waals surface area (Å²) in [6, 6.07) is 6.89. The molecule has 0 heterocycles. The number of benzene rings is 1. The fourth-order valence-electron chi connectivity index (χ4n) is 2.09. The molecular weight excluding hydrogens is 282 g/mol. The van der Waals surface area contributed by atoms with Gasteiger partial charge in [-0.15, -0.1) is 0 Å². The fraction of sp³-hybridized carbons (Fsp3) is 0.529. The molecule has 0 aliphatic carbocycles. The van der Waals surface area contributed by atoms with Crippen molar-refractivity contribution in [2.24, 2.45) is 5.92 Å². The van der Waals surface area contributed by atoms with E-state index in [4.69, 9.17) is 9.84 Å². The summed E-state index contributed by atoms with van der Waals surface area (Å²) in [6.45, 7) is 6.27. The van der Waals surface area contributed by atoms with Crippen molar-refractivity contribution < 1.29 is 19.4 Å². The Kier molecular flexibility index (Phi) is 7.43. The summed E-state index contributed by atoms with van der Waals surface area (Å²) in [5.74, 6) is -0.242. The molecule has 1 aromatic carbocycles. The van der Waals surface area contributed by atoms with Crippen LogP contribution < -0.4 is 10.1 Å². The first-order valence-corrected chi connectivity index (χ1v) is 7.60. The average molecular weight is 307 g/mol. The molecule has 0 bridgehead atoms. The minimum atomic E-state index is -0.988. The SMILES string of the molecule is Cc1cccc(OCCCC(=O)N[C@@H](CC(C)C)C(=O)O)c1. The monoisotopic (exact) mass is 307 g/mol. The second kappa shape index (κ2) is 9.07. The summed E-state index contributed by atoms with van der Waals surface area (Å²) < 4.78 is 5.56. The molecule has 1 amide bonds. The summed E-state index contributed by atoms with van der Waals surface area (Å²) in [5, 5.41) is 11.6. The van der Waals surface area contributed by atoms with Crippen molar-refractivity contribution in [1.29, 1.82) is 0 Å². The zero-order valence-corrected chi connectivity index (χ0v) is 13.5. The van der Waals surface area contributed by atoms with Crippen molar-refractivity contribution in [3.8, 4) is 5.75 Å². The molecule has 22 heavy (non-hydrogen) atoms. The van der Waals surface area contributed by atoms with Gasteiger partial charge in [0.15, 0.2) is 0 Å². The van der Waals surface area contributed by atoms with Gasteiger partial charge in [0.05, 0.1) is 6.61 Å². The highest BCUT2D eigenvalue weighted by atomic mass is 16.5. The molecule has 5 nitrogen and oxygen atoms in total. The van der Waals surface area contributed by atoms with Crippen LogP contribution in [-0.4, -0.2) is 29.6 Å². The van der Waals surface area contributed by atoms with Crippen LogP contribution in [0.25, 0.3) is 0 Å². The van der Waals surface area contributed by atoms with Gasteiger partial charge in [-0.1, -0.05) is 26.0 Å². The Bertz CT molecular complexity index is 499. The molecule has 122 valence electrons. The number of rotatable bonds is 9. The molecule has 1 atom stereocenters. The maximum absolute atomic E-state index is 11.8. The summed E-state index contributed by atoms with van der Waals surface area (Å²) in [6.07, 6.45) is 1.24. The van der Waals surface area contributed by atoms with Crippen molar-refractivity contribution in [1.82, 2.24) is 5.32 Å². The van der Waals surface area contributed by atoms with Gasteiger partial charge in [-0.05, 0) is 43.4 Å². The van der Waals surface area contributed by atoms with Gasteiger partial charge < -0.3 is 15.2 Å². The topological polar surface area (TPSA) is 75.6 Å². The van der Waals surface area contributed by atoms with Gasteiger partial charge >= 0.3 is 5.97 Å². The molecule has 1 aromatic rings. The average Bonchev–Trinajstić information content (AvgIpc) is 2.42. The first-order chi connectivity index (χ1) is 10.4. The third-order valence-corrected chi connectivity index (χ3v) is 3.15. The van der Waals surface area contributed by atoms with E-state index >= 15 is 0 Å². The van der Waals surface area contributed by atoms with Gasteiger partial charge in [-0.2, -0.15) is 0 Å². The number of carbonyl (C=O) groups is 2. The summed E-state index contributed by atoms with van der Waals surface area (Å²) in [5.41, 5.74) is 1.12.